The molecule has 0 fully saturated rings. The molecule has 2 amide bonds. The number of para-hydroxylation sites is 1. The van der Waals surface area contributed by atoms with Crippen LogP contribution in [0.2, 0.25) is 0 Å². The number of benzene rings is 2. The van der Waals surface area contributed by atoms with Crippen molar-refractivity contribution >= 4 is 35.1 Å². The predicted molar refractivity (Wildman–Crippen MR) is 112 cm³/mol. The van der Waals surface area contributed by atoms with Crippen LogP contribution in [0.15, 0.2) is 58.5 Å². The van der Waals surface area contributed by atoms with Crippen molar-refractivity contribution in [1.29, 1.82) is 0 Å². The summed E-state index contributed by atoms with van der Waals surface area (Å²) in [7, 11) is 0. The number of nitrogens with one attached hydrogen (secondary N) is 3. The molecular weight excluding hydrogens is 426 g/mol. The number of nitrogens with zero attached hydrogens (tertiary/aromatic N) is 1. The molecule has 31 heavy (non-hydrogen) atoms. The van der Waals surface area contributed by atoms with Gasteiger partial charge in [-0.05, 0) is 23.8 Å². The number of thioether (sulfide) groups is 1. The van der Waals surface area contributed by atoms with Gasteiger partial charge in [-0.1, -0.05) is 42.1 Å². The number of carbonyl (C=O) groups excluding carboxylic acids is 2. The standard InChI is InChI=1S/C21H16F2N4O3S/c22-13-6-2-1-5-11(13)10-31-21-26-18-17(20(30)27-21)12(9-16(28)25-18)19(29)24-15-8-4-3-7-14(15)23/h1-8,12H,9-10H2,(H,24,29)(H2,25,26,27,28,30)/t12-/m1/s1. The molecule has 4 rings (SSSR count). The quantitative estimate of drug-likeness (QED) is 0.415. The average molecular weight is 442 g/mol. The van der Waals surface area contributed by atoms with Gasteiger partial charge >= 0.3 is 0 Å². The number of hydrogen-bond donors (Lipinski definition) is 3. The highest BCUT2D eigenvalue weighted by Gasteiger charge is 2.35. The van der Waals surface area contributed by atoms with E-state index in [1.807, 2.05) is 0 Å². The van der Waals surface area contributed by atoms with Gasteiger partial charge in [-0.25, -0.2) is 13.8 Å². The molecule has 3 N–H and O–H groups in total. The summed E-state index contributed by atoms with van der Waals surface area (Å²) < 4.78 is 27.7. The zero-order valence-corrected chi connectivity index (χ0v) is 16.8. The van der Waals surface area contributed by atoms with Gasteiger partial charge in [0.1, 0.15) is 17.5 Å². The second-order valence-electron chi connectivity index (χ2n) is 6.79. The van der Waals surface area contributed by atoms with Crippen molar-refractivity contribution < 1.29 is 18.4 Å². The summed E-state index contributed by atoms with van der Waals surface area (Å²) in [6.07, 6.45) is -0.278. The van der Waals surface area contributed by atoms with E-state index in [2.05, 4.69) is 20.6 Å². The maximum atomic E-state index is 13.9. The van der Waals surface area contributed by atoms with Crippen molar-refractivity contribution in [2.24, 2.45) is 0 Å². The number of halogens is 2. The topological polar surface area (TPSA) is 104 Å². The summed E-state index contributed by atoms with van der Waals surface area (Å²) in [4.78, 5) is 44.4. The minimum Gasteiger partial charge on any atom is -0.323 e. The lowest BCUT2D eigenvalue weighted by Crippen LogP contribution is -2.36. The zero-order chi connectivity index (χ0) is 22.0. The third-order valence-corrected chi connectivity index (χ3v) is 5.62. The van der Waals surface area contributed by atoms with E-state index in [0.29, 0.717) is 5.56 Å². The molecule has 0 bridgehead atoms. The van der Waals surface area contributed by atoms with Gasteiger partial charge in [0.05, 0.1) is 17.2 Å². The Hall–Kier alpha value is -3.53. The molecule has 3 aromatic rings. The van der Waals surface area contributed by atoms with E-state index in [1.165, 1.54) is 24.3 Å². The van der Waals surface area contributed by atoms with Crippen molar-refractivity contribution in [3.63, 3.8) is 0 Å². The molecule has 1 aliphatic heterocycles. The lowest BCUT2D eigenvalue weighted by atomic mass is 9.92. The summed E-state index contributed by atoms with van der Waals surface area (Å²) in [5.74, 6) is -3.17. The number of amides is 2. The van der Waals surface area contributed by atoms with Gasteiger partial charge < -0.3 is 15.6 Å². The number of aromatic amines is 1. The molecule has 0 saturated heterocycles. The third kappa shape index (κ3) is 4.48. The van der Waals surface area contributed by atoms with E-state index in [-0.39, 0.29) is 40.2 Å². The second-order valence-corrected chi connectivity index (χ2v) is 7.75. The molecule has 0 unspecified atom stereocenters. The van der Waals surface area contributed by atoms with E-state index in [0.717, 1.165) is 11.8 Å². The number of anilines is 2. The lowest BCUT2D eigenvalue weighted by Gasteiger charge is -2.23. The van der Waals surface area contributed by atoms with Crippen LogP contribution in [0.25, 0.3) is 0 Å². The number of rotatable bonds is 5. The fraction of sp³-hybridized carbons (Fsp3) is 0.143. The van der Waals surface area contributed by atoms with Crippen LogP contribution in [0.3, 0.4) is 0 Å². The highest BCUT2D eigenvalue weighted by Crippen LogP contribution is 2.31. The number of H-pyrrole nitrogens is 1. The molecule has 1 aromatic heterocycles. The van der Waals surface area contributed by atoms with Gasteiger partial charge in [0.15, 0.2) is 5.16 Å². The Morgan fingerprint density at radius 2 is 1.81 bits per heavy atom. The summed E-state index contributed by atoms with van der Waals surface area (Å²) in [5.41, 5.74) is -0.237. The van der Waals surface area contributed by atoms with Crippen LogP contribution in [0.1, 0.15) is 23.5 Å². The molecule has 0 radical (unpaired) electrons. The van der Waals surface area contributed by atoms with Crippen LogP contribution in [-0.2, 0) is 15.3 Å². The van der Waals surface area contributed by atoms with Crippen LogP contribution in [0.4, 0.5) is 20.3 Å². The fourth-order valence-electron chi connectivity index (χ4n) is 3.19. The van der Waals surface area contributed by atoms with E-state index in [4.69, 9.17) is 0 Å². The zero-order valence-electron chi connectivity index (χ0n) is 15.9. The van der Waals surface area contributed by atoms with Crippen LogP contribution in [0, 0.1) is 11.6 Å². The highest BCUT2D eigenvalue weighted by atomic mass is 32.2. The summed E-state index contributed by atoms with van der Waals surface area (Å²) in [6.45, 7) is 0. The van der Waals surface area contributed by atoms with Crippen molar-refractivity contribution in [1.82, 2.24) is 9.97 Å². The van der Waals surface area contributed by atoms with E-state index in [1.54, 1.807) is 24.3 Å². The second kappa shape index (κ2) is 8.68. The maximum Gasteiger partial charge on any atom is 0.257 e. The first kappa shape index (κ1) is 20.7. The first-order valence-electron chi connectivity index (χ1n) is 9.28. The summed E-state index contributed by atoms with van der Waals surface area (Å²) in [5, 5.41) is 5.08. The van der Waals surface area contributed by atoms with Crippen LogP contribution in [0.5, 0.6) is 0 Å². The minimum absolute atomic E-state index is 0.0105. The minimum atomic E-state index is -1.13. The summed E-state index contributed by atoms with van der Waals surface area (Å²) >= 11 is 1.08. The van der Waals surface area contributed by atoms with Gasteiger partial charge in [0.2, 0.25) is 11.8 Å². The van der Waals surface area contributed by atoms with Crippen LogP contribution >= 0.6 is 11.8 Å². The van der Waals surface area contributed by atoms with Crippen molar-refractivity contribution in [3.05, 3.63) is 81.6 Å². The Morgan fingerprint density at radius 3 is 2.55 bits per heavy atom. The normalized spacial score (nSPS) is 15.2. The number of hydrogen-bond acceptors (Lipinski definition) is 5. The van der Waals surface area contributed by atoms with Gasteiger partial charge in [0, 0.05) is 12.2 Å². The first-order chi connectivity index (χ1) is 14.9. The lowest BCUT2D eigenvalue weighted by molar-refractivity contribution is -0.123. The summed E-state index contributed by atoms with van der Waals surface area (Å²) in [6, 6.07) is 11.8. The van der Waals surface area contributed by atoms with Crippen molar-refractivity contribution in [2.75, 3.05) is 10.6 Å². The fourth-order valence-corrected chi connectivity index (χ4v) is 4.03. The Bertz CT molecular complexity index is 1230. The molecule has 1 atom stereocenters. The largest absolute Gasteiger partial charge is 0.323 e. The smallest absolute Gasteiger partial charge is 0.257 e. The third-order valence-electron chi connectivity index (χ3n) is 4.70. The molecule has 2 heterocycles. The number of carbonyl (C=O) groups is 2. The van der Waals surface area contributed by atoms with Crippen molar-refractivity contribution in [3.8, 4) is 0 Å². The molecule has 1 aliphatic rings. The van der Waals surface area contributed by atoms with E-state index >= 15 is 0 Å². The molecule has 7 nitrogen and oxygen atoms in total. The van der Waals surface area contributed by atoms with Crippen LogP contribution < -0.4 is 16.2 Å². The Labute approximate surface area is 179 Å². The molecule has 0 aliphatic carbocycles. The Kier molecular flexibility index (Phi) is 5.81. The SMILES string of the molecule is O=C1C[C@@H](C(=O)Nc2ccccc2F)c2c(nc(SCc3ccccc3F)[nH]c2=O)N1. The molecule has 158 valence electrons. The van der Waals surface area contributed by atoms with E-state index in [9.17, 15) is 23.2 Å². The molecular formula is C21H16F2N4O3S. The van der Waals surface area contributed by atoms with Gasteiger partial charge in [-0.15, -0.1) is 0 Å². The van der Waals surface area contributed by atoms with Crippen molar-refractivity contribution in [2.45, 2.75) is 23.2 Å². The van der Waals surface area contributed by atoms with Gasteiger partial charge in [-0.2, -0.15) is 0 Å². The Morgan fingerprint density at radius 1 is 1.10 bits per heavy atom. The molecule has 0 saturated carbocycles. The maximum absolute atomic E-state index is 13.9. The van der Waals surface area contributed by atoms with Gasteiger partial charge in [-0.3, -0.25) is 14.4 Å². The Balaban J connectivity index is 1.59. The average Bonchev–Trinajstić information content (AvgIpc) is 2.74. The highest BCUT2D eigenvalue weighted by molar-refractivity contribution is 7.98. The van der Waals surface area contributed by atoms with Crippen LogP contribution in [-0.4, -0.2) is 21.8 Å². The van der Waals surface area contributed by atoms with Gasteiger partial charge in [0.25, 0.3) is 5.56 Å². The number of aromatic nitrogens is 2. The number of fused-ring (bicyclic) bond motifs is 1. The molecule has 10 heteroatoms. The monoisotopic (exact) mass is 442 g/mol. The first-order valence-corrected chi connectivity index (χ1v) is 10.3. The molecule has 0 spiro atoms. The predicted octanol–water partition coefficient (Wildman–Crippen LogP) is 3.40. The van der Waals surface area contributed by atoms with E-state index < -0.39 is 29.1 Å². The molecule has 2 aromatic carbocycles.